The van der Waals surface area contributed by atoms with Crippen molar-refractivity contribution in [2.75, 3.05) is 27.6 Å². The van der Waals surface area contributed by atoms with Crippen LogP contribution in [-0.4, -0.2) is 45.5 Å². The second-order valence-electron chi connectivity index (χ2n) is 10.1. The van der Waals surface area contributed by atoms with Crippen LogP contribution in [0.5, 0.6) is 11.5 Å². The van der Waals surface area contributed by atoms with Gasteiger partial charge < -0.3 is 18.9 Å². The molecule has 0 saturated carbocycles. The summed E-state index contributed by atoms with van der Waals surface area (Å²) in [6, 6.07) is 23.7. The van der Waals surface area contributed by atoms with E-state index in [9.17, 15) is 0 Å². The number of hydrogen-bond acceptors (Lipinski definition) is 5. The topological polar surface area (TPSA) is 54.7 Å². The predicted octanol–water partition coefficient (Wildman–Crippen LogP) is 7.18. The first kappa shape index (κ1) is 26.7. The first-order valence-electron chi connectivity index (χ1n) is 12.5. The molecule has 0 atom stereocenters. The number of methoxy groups -OCH3 is 2. The molecule has 7 heteroatoms. The molecule has 0 amide bonds. The molecule has 6 nitrogen and oxygen atoms in total. The summed E-state index contributed by atoms with van der Waals surface area (Å²) in [5, 5.41) is 5.99. The SMILES string of the molecule is COCOc1ccc(-c2ccc3c(/C=C/c4ccccc4)nn(COCC[Si](C)(C)C)c3c2)cc1OC. The standard InChI is InChI=1S/C30H36N2O4Si/c1-33-22-36-29-16-13-25(20-30(29)34-2)24-12-14-26-27(15-11-23-9-7-6-8-10-23)31-32(28(26)19-24)21-35-17-18-37(3,4)5/h6-16,19-20H,17-18,21-22H2,1-5H3/b15-11+. The van der Waals surface area contributed by atoms with Gasteiger partial charge in [0.25, 0.3) is 0 Å². The second kappa shape index (κ2) is 12.2. The van der Waals surface area contributed by atoms with Gasteiger partial charge in [-0.25, -0.2) is 4.68 Å². The molecule has 0 spiro atoms. The van der Waals surface area contributed by atoms with E-state index >= 15 is 0 Å². The minimum atomic E-state index is -1.17. The van der Waals surface area contributed by atoms with Crippen molar-refractivity contribution in [3.63, 3.8) is 0 Å². The molecule has 0 fully saturated rings. The molecule has 1 heterocycles. The average Bonchev–Trinajstić information content (AvgIpc) is 3.25. The molecule has 0 aliphatic carbocycles. The fourth-order valence-electron chi connectivity index (χ4n) is 3.96. The number of hydrogen-bond donors (Lipinski definition) is 0. The Hall–Kier alpha value is -3.39. The quantitative estimate of drug-likeness (QED) is 0.113. The third-order valence-electron chi connectivity index (χ3n) is 6.05. The molecule has 194 valence electrons. The maximum absolute atomic E-state index is 6.08. The highest BCUT2D eigenvalue weighted by atomic mass is 28.3. The van der Waals surface area contributed by atoms with Gasteiger partial charge in [-0.2, -0.15) is 5.10 Å². The molecular weight excluding hydrogens is 480 g/mol. The fraction of sp³-hybridized carbons (Fsp3) is 0.300. The van der Waals surface area contributed by atoms with E-state index in [4.69, 9.17) is 24.0 Å². The minimum absolute atomic E-state index is 0.165. The van der Waals surface area contributed by atoms with E-state index in [-0.39, 0.29) is 6.79 Å². The number of rotatable bonds is 12. The summed E-state index contributed by atoms with van der Waals surface area (Å²) in [7, 11) is 2.07. The second-order valence-corrected chi connectivity index (χ2v) is 15.7. The average molecular weight is 517 g/mol. The monoisotopic (exact) mass is 516 g/mol. The smallest absolute Gasteiger partial charge is 0.188 e. The number of ether oxygens (including phenoxy) is 4. The van der Waals surface area contributed by atoms with Crippen LogP contribution in [0.4, 0.5) is 0 Å². The minimum Gasteiger partial charge on any atom is -0.493 e. The Morgan fingerprint density at radius 1 is 0.865 bits per heavy atom. The number of aromatic nitrogens is 2. The highest BCUT2D eigenvalue weighted by Gasteiger charge is 2.15. The van der Waals surface area contributed by atoms with E-state index in [0.29, 0.717) is 18.2 Å². The van der Waals surface area contributed by atoms with Gasteiger partial charge in [0.2, 0.25) is 0 Å². The third kappa shape index (κ3) is 7.10. The van der Waals surface area contributed by atoms with Crippen molar-refractivity contribution in [1.29, 1.82) is 0 Å². The van der Waals surface area contributed by atoms with Gasteiger partial charge in [-0.3, -0.25) is 0 Å². The zero-order chi connectivity index (χ0) is 26.3. The number of nitrogens with zero attached hydrogens (tertiary/aromatic N) is 2. The van der Waals surface area contributed by atoms with Gasteiger partial charge >= 0.3 is 0 Å². The van der Waals surface area contributed by atoms with E-state index in [1.54, 1.807) is 14.2 Å². The summed E-state index contributed by atoms with van der Waals surface area (Å²) < 4.78 is 24.2. The van der Waals surface area contributed by atoms with Gasteiger partial charge in [0, 0.05) is 27.2 Å². The maximum atomic E-state index is 6.08. The Morgan fingerprint density at radius 2 is 1.62 bits per heavy atom. The molecule has 0 radical (unpaired) electrons. The maximum Gasteiger partial charge on any atom is 0.188 e. The first-order valence-corrected chi connectivity index (χ1v) is 16.2. The molecule has 0 N–H and O–H groups in total. The largest absolute Gasteiger partial charge is 0.493 e. The molecule has 0 aliphatic heterocycles. The van der Waals surface area contributed by atoms with Crippen LogP contribution in [0.15, 0.2) is 66.7 Å². The van der Waals surface area contributed by atoms with Crippen molar-refractivity contribution < 1.29 is 18.9 Å². The summed E-state index contributed by atoms with van der Waals surface area (Å²) in [5.41, 5.74) is 5.16. The van der Waals surface area contributed by atoms with Crippen LogP contribution in [0.1, 0.15) is 11.3 Å². The van der Waals surface area contributed by atoms with Crippen LogP contribution >= 0.6 is 0 Å². The summed E-state index contributed by atoms with van der Waals surface area (Å²) in [6.07, 6.45) is 4.16. The van der Waals surface area contributed by atoms with E-state index in [0.717, 1.165) is 45.9 Å². The highest BCUT2D eigenvalue weighted by molar-refractivity contribution is 6.76. The normalized spacial score (nSPS) is 11.9. The Labute approximate surface area is 220 Å². The van der Waals surface area contributed by atoms with Gasteiger partial charge in [0.15, 0.2) is 18.3 Å². The van der Waals surface area contributed by atoms with Crippen molar-refractivity contribution in [2.45, 2.75) is 32.4 Å². The first-order chi connectivity index (χ1) is 17.9. The number of fused-ring (bicyclic) bond motifs is 1. The zero-order valence-electron chi connectivity index (χ0n) is 22.4. The molecule has 0 saturated heterocycles. The lowest BCUT2D eigenvalue weighted by Crippen LogP contribution is -2.22. The van der Waals surface area contributed by atoms with Crippen LogP contribution in [0, 0.1) is 0 Å². The van der Waals surface area contributed by atoms with Gasteiger partial charge in [-0.15, -0.1) is 0 Å². The Morgan fingerprint density at radius 3 is 2.35 bits per heavy atom. The molecule has 1 aromatic heterocycles. The fourth-order valence-corrected chi connectivity index (χ4v) is 4.71. The molecule has 4 aromatic rings. The van der Waals surface area contributed by atoms with E-state index in [1.807, 2.05) is 41.1 Å². The van der Waals surface area contributed by atoms with Crippen LogP contribution in [0.2, 0.25) is 25.7 Å². The lowest BCUT2D eigenvalue weighted by Gasteiger charge is -2.15. The third-order valence-corrected chi connectivity index (χ3v) is 7.76. The van der Waals surface area contributed by atoms with Gasteiger partial charge in [0.1, 0.15) is 6.73 Å². The Balaban J connectivity index is 1.67. The van der Waals surface area contributed by atoms with E-state index in [1.165, 1.54) is 0 Å². The molecule has 4 rings (SSSR count). The van der Waals surface area contributed by atoms with Crippen LogP contribution in [0.3, 0.4) is 0 Å². The van der Waals surface area contributed by atoms with Crippen LogP contribution in [0.25, 0.3) is 34.2 Å². The van der Waals surface area contributed by atoms with Gasteiger partial charge in [-0.1, -0.05) is 68.2 Å². The van der Waals surface area contributed by atoms with Crippen LogP contribution < -0.4 is 9.47 Å². The van der Waals surface area contributed by atoms with E-state index in [2.05, 4.69) is 62.1 Å². The van der Waals surface area contributed by atoms with Crippen molar-refractivity contribution in [2.24, 2.45) is 0 Å². The lowest BCUT2D eigenvalue weighted by molar-refractivity contribution is 0.0492. The predicted molar refractivity (Wildman–Crippen MR) is 154 cm³/mol. The Bertz CT molecular complexity index is 1340. The molecule has 0 unspecified atom stereocenters. The van der Waals surface area contributed by atoms with Crippen molar-refractivity contribution in [1.82, 2.24) is 9.78 Å². The highest BCUT2D eigenvalue weighted by Crippen LogP contribution is 2.34. The van der Waals surface area contributed by atoms with Gasteiger partial charge in [0.05, 0.1) is 18.3 Å². The lowest BCUT2D eigenvalue weighted by atomic mass is 10.0. The molecule has 0 bridgehead atoms. The number of benzene rings is 3. The van der Waals surface area contributed by atoms with E-state index < -0.39 is 8.07 Å². The van der Waals surface area contributed by atoms with Crippen molar-refractivity contribution in [3.05, 3.63) is 78.0 Å². The molecular formula is C30H36N2O4Si. The Kier molecular flexibility index (Phi) is 8.81. The molecule has 0 aliphatic rings. The zero-order valence-corrected chi connectivity index (χ0v) is 23.4. The molecule has 37 heavy (non-hydrogen) atoms. The molecule has 3 aromatic carbocycles. The van der Waals surface area contributed by atoms with Gasteiger partial charge in [-0.05, 0) is 53.1 Å². The van der Waals surface area contributed by atoms with Crippen LogP contribution in [-0.2, 0) is 16.2 Å². The van der Waals surface area contributed by atoms with Crippen molar-refractivity contribution in [3.8, 4) is 22.6 Å². The summed E-state index contributed by atoms with van der Waals surface area (Å²) in [6.45, 7) is 8.40. The summed E-state index contributed by atoms with van der Waals surface area (Å²) in [5.74, 6) is 1.30. The summed E-state index contributed by atoms with van der Waals surface area (Å²) in [4.78, 5) is 0. The van der Waals surface area contributed by atoms with Crippen molar-refractivity contribution >= 4 is 31.1 Å². The summed E-state index contributed by atoms with van der Waals surface area (Å²) >= 11 is 0.